The Morgan fingerprint density at radius 3 is 2.48 bits per heavy atom. The summed E-state index contributed by atoms with van der Waals surface area (Å²) in [5.41, 5.74) is 3.75. The minimum Gasteiger partial charge on any atom is -0.422 e. The van der Waals surface area contributed by atoms with Crippen molar-refractivity contribution in [3.8, 4) is 11.1 Å². The number of rotatable bonds is 2. The Morgan fingerprint density at radius 1 is 1.05 bits per heavy atom. The van der Waals surface area contributed by atoms with Gasteiger partial charge in [-0.2, -0.15) is 0 Å². The molecule has 0 spiro atoms. The minimum absolute atomic E-state index is 0.382. The number of carbonyl (C=O) groups is 1. The second-order valence-electron chi connectivity index (χ2n) is 4.54. The second kappa shape index (κ2) is 5.22. The lowest BCUT2D eigenvalue weighted by Crippen LogP contribution is -2.29. The van der Waals surface area contributed by atoms with Crippen LogP contribution in [-0.4, -0.2) is 5.91 Å². The molecule has 0 saturated carbocycles. The quantitative estimate of drug-likeness (QED) is 0.325. The van der Waals surface area contributed by atoms with Crippen molar-refractivity contribution in [1.82, 2.24) is 5.43 Å². The highest BCUT2D eigenvalue weighted by atomic mass is 16.4. The third kappa shape index (κ3) is 2.42. The molecule has 3 N–H and O–H groups in total. The van der Waals surface area contributed by atoms with Crippen molar-refractivity contribution < 1.29 is 9.21 Å². The van der Waals surface area contributed by atoms with Gasteiger partial charge in [-0.25, -0.2) is 10.6 Å². The van der Waals surface area contributed by atoms with E-state index in [1.165, 1.54) is 0 Å². The molecule has 0 aliphatic heterocycles. The second-order valence-corrected chi connectivity index (χ2v) is 4.54. The first-order chi connectivity index (χ1) is 10.2. The van der Waals surface area contributed by atoms with E-state index in [0.717, 1.165) is 5.39 Å². The van der Waals surface area contributed by atoms with Crippen LogP contribution in [0.25, 0.3) is 22.1 Å². The number of amides is 1. The molecule has 0 aliphatic rings. The van der Waals surface area contributed by atoms with Gasteiger partial charge in [0, 0.05) is 10.9 Å². The normalized spacial score (nSPS) is 10.5. The summed E-state index contributed by atoms with van der Waals surface area (Å²) in [6.45, 7) is 0. The standard InChI is InChI=1S/C16H12N2O3/c17-18-15(19)11-7-5-10(6-8-11)13-9-12-3-1-2-4-14(12)21-16(13)20/h1-9H,17H2,(H,18,19). The van der Waals surface area contributed by atoms with E-state index >= 15 is 0 Å². The van der Waals surface area contributed by atoms with Crippen LogP contribution in [0.15, 0.2) is 63.8 Å². The first-order valence-corrected chi connectivity index (χ1v) is 6.33. The van der Waals surface area contributed by atoms with Gasteiger partial charge in [-0.05, 0) is 29.8 Å². The predicted octanol–water partition coefficient (Wildman–Crippen LogP) is 2.06. The monoisotopic (exact) mass is 280 g/mol. The van der Waals surface area contributed by atoms with Gasteiger partial charge in [0.1, 0.15) is 5.58 Å². The van der Waals surface area contributed by atoms with Crippen LogP contribution in [0.4, 0.5) is 0 Å². The van der Waals surface area contributed by atoms with Crippen molar-refractivity contribution in [2.24, 2.45) is 5.84 Å². The first-order valence-electron chi connectivity index (χ1n) is 6.33. The van der Waals surface area contributed by atoms with E-state index in [9.17, 15) is 9.59 Å². The van der Waals surface area contributed by atoms with Gasteiger partial charge in [0.2, 0.25) is 0 Å². The Morgan fingerprint density at radius 2 is 1.76 bits per heavy atom. The fourth-order valence-electron chi connectivity index (χ4n) is 2.15. The number of hydrogen-bond donors (Lipinski definition) is 2. The minimum atomic E-state index is -0.412. The molecule has 5 heteroatoms. The molecule has 0 aliphatic carbocycles. The third-order valence-electron chi connectivity index (χ3n) is 3.23. The molecule has 0 bridgehead atoms. The van der Waals surface area contributed by atoms with Crippen LogP contribution >= 0.6 is 0 Å². The molecule has 3 rings (SSSR count). The summed E-state index contributed by atoms with van der Waals surface area (Å²) in [6.07, 6.45) is 0. The maximum absolute atomic E-state index is 12.0. The van der Waals surface area contributed by atoms with Crippen LogP contribution in [0.1, 0.15) is 10.4 Å². The van der Waals surface area contributed by atoms with E-state index in [0.29, 0.717) is 22.3 Å². The molecule has 1 amide bonds. The summed E-state index contributed by atoms with van der Waals surface area (Å²) >= 11 is 0. The average Bonchev–Trinajstić information content (AvgIpc) is 2.53. The molecule has 104 valence electrons. The molecule has 0 radical (unpaired) electrons. The highest BCUT2D eigenvalue weighted by molar-refractivity contribution is 5.94. The number of nitrogens with two attached hydrogens (primary N) is 1. The van der Waals surface area contributed by atoms with Crippen molar-refractivity contribution in [2.75, 3.05) is 0 Å². The molecule has 2 aromatic carbocycles. The molecule has 0 unspecified atom stereocenters. The van der Waals surface area contributed by atoms with Crippen molar-refractivity contribution in [2.45, 2.75) is 0 Å². The Labute approximate surface area is 120 Å². The molecule has 21 heavy (non-hydrogen) atoms. The zero-order valence-corrected chi connectivity index (χ0v) is 11.0. The molecular formula is C16H12N2O3. The molecule has 0 atom stereocenters. The van der Waals surface area contributed by atoms with E-state index in [-0.39, 0.29) is 5.91 Å². The fraction of sp³-hybridized carbons (Fsp3) is 0. The van der Waals surface area contributed by atoms with Crippen molar-refractivity contribution in [3.63, 3.8) is 0 Å². The topological polar surface area (TPSA) is 85.3 Å². The van der Waals surface area contributed by atoms with E-state index in [1.54, 1.807) is 36.4 Å². The number of benzene rings is 2. The number of carbonyl (C=O) groups excluding carboxylic acids is 1. The van der Waals surface area contributed by atoms with Crippen LogP contribution in [0.3, 0.4) is 0 Å². The largest absolute Gasteiger partial charge is 0.422 e. The van der Waals surface area contributed by atoms with E-state index in [1.807, 2.05) is 18.2 Å². The van der Waals surface area contributed by atoms with Gasteiger partial charge in [0.25, 0.3) is 5.91 Å². The summed E-state index contributed by atoms with van der Waals surface area (Å²) in [5, 5.41) is 0.843. The Bertz CT molecular complexity index is 867. The Kier molecular flexibility index (Phi) is 3.25. The molecule has 0 fully saturated rings. The van der Waals surface area contributed by atoms with Crippen LogP contribution in [0.2, 0.25) is 0 Å². The molecular weight excluding hydrogens is 268 g/mol. The number of fused-ring (bicyclic) bond motifs is 1. The van der Waals surface area contributed by atoms with Gasteiger partial charge < -0.3 is 4.42 Å². The van der Waals surface area contributed by atoms with Crippen molar-refractivity contribution >= 4 is 16.9 Å². The Balaban J connectivity index is 2.09. The lowest BCUT2D eigenvalue weighted by Gasteiger charge is -2.04. The van der Waals surface area contributed by atoms with Crippen LogP contribution in [0.5, 0.6) is 0 Å². The van der Waals surface area contributed by atoms with Gasteiger partial charge in [-0.3, -0.25) is 10.2 Å². The predicted molar refractivity (Wildman–Crippen MR) is 79.6 cm³/mol. The van der Waals surface area contributed by atoms with Gasteiger partial charge in [0.05, 0.1) is 5.56 Å². The maximum atomic E-state index is 12.0. The highest BCUT2D eigenvalue weighted by Gasteiger charge is 2.09. The molecule has 3 aromatic rings. The first kappa shape index (κ1) is 13.1. The molecule has 0 saturated heterocycles. The highest BCUT2D eigenvalue weighted by Crippen LogP contribution is 2.21. The fourth-order valence-corrected chi connectivity index (χ4v) is 2.15. The number of nitrogens with one attached hydrogen (secondary N) is 1. The summed E-state index contributed by atoms with van der Waals surface area (Å²) in [4.78, 5) is 23.4. The molecule has 5 nitrogen and oxygen atoms in total. The summed E-state index contributed by atoms with van der Waals surface area (Å²) in [6, 6.07) is 15.7. The lowest BCUT2D eigenvalue weighted by atomic mass is 10.0. The van der Waals surface area contributed by atoms with E-state index < -0.39 is 5.63 Å². The van der Waals surface area contributed by atoms with Crippen molar-refractivity contribution in [3.05, 3.63) is 70.6 Å². The summed E-state index contributed by atoms with van der Waals surface area (Å²) in [5.74, 6) is 4.69. The van der Waals surface area contributed by atoms with Crippen LogP contribution in [0, 0.1) is 0 Å². The Hall–Kier alpha value is -2.92. The maximum Gasteiger partial charge on any atom is 0.344 e. The zero-order valence-electron chi connectivity index (χ0n) is 11.0. The smallest absolute Gasteiger partial charge is 0.344 e. The summed E-state index contributed by atoms with van der Waals surface area (Å²) < 4.78 is 5.29. The lowest BCUT2D eigenvalue weighted by molar-refractivity contribution is 0.0953. The third-order valence-corrected chi connectivity index (χ3v) is 3.23. The van der Waals surface area contributed by atoms with Crippen LogP contribution in [-0.2, 0) is 0 Å². The zero-order chi connectivity index (χ0) is 14.8. The van der Waals surface area contributed by atoms with Gasteiger partial charge in [-0.15, -0.1) is 0 Å². The molecule has 1 heterocycles. The number of nitrogen functional groups attached to an aromatic ring is 1. The van der Waals surface area contributed by atoms with Gasteiger partial charge in [-0.1, -0.05) is 30.3 Å². The number of hydrogen-bond acceptors (Lipinski definition) is 4. The van der Waals surface area contributed by atoms with Gasteiger partial charge >= 0.3 is 5.63 Å². The summed E-state index contributed by atoms with van der Waals surface area (Å²) in [7, 11) is 0. The number of hydrazine groups is 1. The van der Waals surface area contributed by atoms with E-state index in [2.05, 4.69) is 5.43 Å². The van der Waals surface area contributed by atoms with Crippen LogP contribution < -0.4 is 16.9 Å². The number of para-hydroxylation sites is 1. The van der Waals surface area contributed by atoms with E-state index in [4.69, 9.17) is 10.3 Å². The molecule has 1 aromatic heterocycles. The average molecular weight is 280 g/mol. The van der Waals surface area contributed by atoms with Gasteiger partial charge in [0.15, 0.2) is 0 Å². The SMILES string of the molecule is NNC(=O)c1ccc(-c2cc3ccccc3oc2=O)cc1. The van der Waals surface area contributed by atoms with Crippen molar-refractivity contribution in [1.29, 1.82) is 0 Å².